The third-order valence-corrected chi connectivity index (χ3v) is 4.27. The number of carbonyl (C=O) groups excluding carboxylic acids is 1. The van der Waals surface area contributed by atoms with Gasteiger partial charge in [-0.1, -0.05) is 0 Å². The number of halogens is 1. The Labute approximate surface area is 159 Å². The second-order valence-corrected chi connectivity index (χ2v) is 6.48. The first-order valence-corrected chi connectivity index (χ1v) is 9.31. The summed E-state index contributed by atoms with van der Waals surface area (Å²) in [4.78, 5) is 17.8. The topological polar surface area (TPSA) is 75.2 Å². The molecule has 7 nitrogen and oxygen atoms in total. The number of benzene rings is 1. The van der Waals surface area contributed by atoms with Gasteiger partial charge in [0.1, 0.15) is 17.7 Å². The van der Waals surface area contributed by atoms with E-state index in [2.05, 4.69) is 15.6 Å². The summed E-state index contributed by atoms with van der Waals surface area (Å²) in [6.07, 6.45) is 1.25. The molecule has 0 aliphatic carbocycles. The van der Waals surface area contributed by atoms with Crippen LogP contribution in [0.4, 0.5) is 9.18 Å². The Bertz CT molecular complexity index is 616. The first-order valence-electron chi connectivity index (χ1n) is 9.31. The molecule has 1 unspecified atom stereocenters. The number of hydrogen-bond donors (Lipinski definition) is 2. The summed E-state index contributed by atoms with van der Waals surface area (Å²) in [5.74, 6) is 1.06. The fourth-order valence-corrected chi connectivity index (χ4v) is 2.85. The number of guanidine groups is 1. The number of aliphatic imine (C=N–C) groups is 1. The Morgan fingerprint density at radius 2 is 2.00 bits per heavy atom. The summed E-state index contributed by atoms with van der Waals surface area (Å²) in [6.45, 7) is 6.47. The number of methoxy groups -OCH3 is 1. The Kier molecular flexibility index (Phi) is 8.16. The predicted molar refractivity (Wildman–Crippen MR) is 103 cm³/mol. The van der Waals surface area contributed by atoms with Crippen molar-refractivity contribution in [1.29, 1.82) is 0 Å². The van der Waals surface area contributed by atoms with Gasteiger partial charge in [-0.3, -0.25) is 0 Å². The SMILES string of the molecule is CCNC(=NCC(C)Oc1ccc(F)cc1)NC1CCN(C(=O)OC)CC1. The molecule has 1 aliphatic rings. The molecule has 0 bridgehead atoms. The van der Waals surface area contributed by atoms with Crippen LogP contribution in [0, 0.1) is 5.82 Å². The summed E-state index contributed by atoms with van der Waals surface area (Å²) < 4.78 is 23.5. The van der Waals surface area contributed by atoms with Crippen molar-refractivity contribution in [2.45, 2.75) is 38.8 Å². The van der Waals surface area contributed by atoms with Gasteiger partial charge < -0.3 is 25.0 Å². The van der Waals surface area contributed by atoms with Crippen molar-refractivity contribution < 1.29 is 18.7 Å². The van der Waals surface area contributed by atoms with Gasteiger partial charge in [-0.05, 0) is 51.0 Å². The maximum absolute atomic E-state index is 13.0. The van der Waals surface area contributed by atoms with Gasteiger partial charge in [0.25, 0.3) is 0 Å². The zero-order chi connectivity index (χ0) is 19.6. The summed E-state index contributed by atoms with van der Waals surface area (Å²) in [6, 6.07) is 6.20. The molecule has 2 rings (SSSR count). The molecular weight excluding hydrogens is 351 g/mol. The lowest BCUT2D eigenvalue weighted by Gasteiger charge is -2.32. The highest BCUT2D eigenvalue weighted by Crippen LogP contribution is 2.13. The third kappa shape index (κ3) is 6.96. The summed E-state index contributed by atoms with van der Waals surface area (Å²) in [5.41, 5.74) is 0. The third-order valence-electron chi connectivity index (χ3n) is 4.27. The van der Waals surface area contributed by atoms with Gasteiger partial charge in [0, 0.05) is 25.7 Å². The van der Waals surface area contributed by atoms with E-state index in [4.69, 9.17) is 9.47 Å². The molecule has 1 fully saturated rings. The quantitative estimate of drug-likeness (QED) is 0.585. The van der Waals surface area contributed by atoms with Crippen LogP contribution in [0.1, 0.15) is 26.7 Å². The lowest BCUT2D eigenvalue weighted by molar-refractivity contribution is 0.111. The van der Waals surface area contributed by atoms with Gasteiger partial charge in [-0.2, -0.15) is 0 Å². The summed E-state index contributed by atoms with van der Waals surface area (Å²) in [5, 5.41) is 6.65. The molecule has 0 aromatic heterocycles. The molecule has 1 saturated heterocycles. The molecule has 0 radical (unpaired) electrons. The van der Waals surface area contributed by atoms with Gasteiger partial charge in [0.05, 0.1) is 13.7 Å². The first-order chi connectivity index (χ1) is 13.0. The highest BCUT2D eigenvalue weighted by atomic mass is 19.1. The molecule has 150 valence electrons. The van der Waals surface area contributed by atoms with Gasteiger partial charge in [-0.15, -0.1) is 0 Å². The molecule has 2 N–H and O–H groups in total. The summed E-state index contributed by atoms with van der Waals surface area (Å²) >= 11 is 0. The monoisotopic (exact) mass is 380 g/mol. The molecule has 1 aliphatic heterocycles. The van der Waals surface area contributed by atoms with Crippen LogP contribution in [0.15, 0.2) is 29.3 Å². The van der Waals surface area contributed by atoms with Crippen LogP contribution < -0.4 is 15.4 Å². The molecule has 1 atom stereocenters. The van der Waals surface area contributed by atoms with Crippen LogP contribution in [0.5, 0.6) is 5.75 Å². The number of nitrogens with one attached hydrogen (secondary N) is 2. The molecule has 1 aromatic rings. The van der Waals surface area contributed by atoms with Crippen LogP contribution in [0.25, 0.3) is 0 Å². The average molecular weight is 380 g/mol. The minimum atomic E-state index is -0.287. The Morgan fingerprint density at radius 1 is 1.33 bits per heavy atom. The Morgan fingerprint density at radius 3 is 2.59 bits per heavy atom. The minimum Gasteiger partial charge on any atom is -0.489 e. The summed E-state index contributed by atoms with van der Waals surface area (Å²) in [7, 11) is 1.40. The molecule has 0 spiro atoms. The fourth-order valence-electron chi connectivity index (χ4n) is 2.85. The lowest BCUT2D eigenvalue weighted by atomic mass is 10.1. The molecule has 8 heteroatoms. The number of hydrogen-bond acceptors (Lipinski definition) is 4. The largest absolute Gasteiger partial charge is 0.489 e. The maximum Gasteiger partial charge on any atom is 0.409 e. The number of piperidine rings is 1. The van der Waals surface area contributed by atoms with E-state index in [1.807, 2.05) is 13.8 Å². The van der Waals surface area contributed by atoms with E-state index in [1.165, 1.54) is 19.2 Å². The molecule has 1 aromatic carbocycles. The van der Waals surface area contributed by atoms with E-state index in [0.29, 0.717) is 25.4 Å². The Balaban J connectivity index is 1.83. The highest BCUT2D eigenvalue weighted by Gasteiger charge is 2.23. The smallest absolute Gasteiger partial charge is 0.409 e. The standard InChI is InChI=1S/C19H29FN4O3/c1-4-21-18(23-16-9-11-24(12-10-16)19(25)26-3)22-13-14(2)27-17-7-5-15(20)6-8-17/h5-8,14,16H,4,9-13H2,1-3H3,(H2,21,22,23). The number of likely N-dealkylation sites (tertiary alicyclic amines) is 1. The zero-order valence-corrected chi connectivity index (χ0v) is 16.2. The molecule has 27 heavy (non-hydrogen) atoms. The van der Waals surface area contributed by atoms with Gasteiger partial charge >= 0.3 is 6.09 Å². The van der Waals surface area contributed by atoms with E-state index >= 15 is 0 Å². The Hall–Kier alpha value is -2.51. The van der Waals surface area contributed by atoms with Crippen molar-refractivity contribution in [2.24, 2.45) is 4.99 Å². The molecule has 1 heterocycles. The van der Waals surface area contributed by atoms with Crippen molar-refractivity contribution in [3.63, 3.8) is 0 Å². The van der Waals surface area contributed by atoms with Crippen molar-refractivity contribution >= 4 is 12.1 Å². The minimum absolute atomic E-state index is 0.146. The van der Waals surface area contributed by atoms with Gasteiger partial charge in [-0.25, -0.2) is 14.2 Å². The maximum atomic E-state index is 13.0. The highest BCUT2D eigenvalue weighted by molar-refractivity contribution is 5.80. The van der Waals surface area contributed by atoms with Crippen molar-refractivity contribution in [3.8, 4) is 5.75 Å². The molecular formula is C19H29FN4O3. The fraction of sp³-hybridized carbons (Fsp3) is 0.579. The van der Waals surface area contributed by atoms with E-state index in [1.54, 1.807) is 17.0 Å². The number of amides is 1. The average Bonchev–Trinajstić information content (AvgIpc) is 2.68. The van der Waals surface area contributed by atoms with Crippen LogP contribution in [-0.4, -0.2) is 62.4 Å². The van der Waals surface area contributed by atoms with E-state index in [-0.39, 0.29) is 24.1 Å². The molecule has 0 saturated carbocycles. The number of nitrogens with zero attached hydrogens (tertiary/aromatic N) is 2. The number of carbonyl (C=O) groups is 1. The lowest BCUT2D eigenvalue weighted by Crippen LogP contribution is -2.50. The second-order valence-electron chi connectivity index (χ2n) is 6.48. The van der Waals surface area contributed by atoms with Crippen molar-refractivity contribution in [3.05, 3.63) is 30.1 Å². The van der Waals surface area contributed by atoms with Crippen LogP contribution in [0.3, 0.4) is 0 Å². The number of rotatable bonds is 6. The van der Waals surface area contributed by atoms with E-state index in [9.17, 15) is 9.18 Å². The number of ether oxygens (including phenoxy) is 2. The van der Waals surface area contributed by atoms with E-state index in [0.717, 1.165) is 25.3 Å². The zero-order valence-electron chi connectivity index (χ0n) is 16.2. The normalized spacial score (nSPS) is 16.6. The second kappa shape index (κ2) is 10.6. The first kappa shape index (κ1) is 20.8. The van der Waals surface area contributed by atoms with Gasteiger partial charge in [0.2, 0.25) is 0 Å². The van der Waals surface area contributed by atoms with Crippen molar-refractivity contribution in [2.75, 3.05) is 33.3 Å². The van der Waals surface area contributed by atoms with Crippen molar-refractivity contribution in [1.82, 2.24) is 15.5 Å². The van der Waals surface area contributed by atoms with Crippen LogP contribution in [0.2, 0.25) is 0 Å². The predicted octanol–water partition coefficient (Wildman–Crippen LogP) is 2.38. The van der Waals surface area contributed by atoms with Crippen LogP contribution >= 0.6 is 0 Å². The van der Waals surface area contributed by atoms with Gasteiger partial charge in [0.15, 0.2) is 5.96 Å². The molecule has 1 amide bonds. The van der Waals surface area contributed by atoms with Crippen LogP contribution in [-0.2, 0) is 4.74 Å². The van der Waals surface area contributed by atoms with E-state index < -0.39 is 0 Å².